The minimum atomic E-state index is -1.08. The van der Waals surface area contributed by atoms with Gasteiger partial charge in [-0.3, -0.25) is 0 Å². The molecular weight excluding hydrogens is 338 g/mol. The van der Waals surface area contributed by atoms with E-state index in [1.165, 1.54) is 0 Å². The van der Waals surface area contributed by atoms with Crippen molar-refractivity contribution in [3.63, 3.8) is 0 Å². The second-order valence-corrected chi connectivity index (χ2v) is 13.0. The van der Waals surface area contributed by atoms with Crippen molar-refractivity contribution in [2.24, 2.45) is 0 Å². The van der Waals surface area contributed by atoms with Crippen LogP contribution in [0.4, 0.5) is 0 Å². The standard InChI is InChI=1S/C18H22ClN3OSi/c1-24(2,3)12-11-23-13-22-10-9-15-16(14-7-5-4-6-8-14)20-18(19)21-17(15)22/h4-10H,11-13H2,1-3H3. The summed E-state index contributed by atoms with van der Waals surface area (Å²) in [5.74, 6) is 0. The summed E-state index contributed by atoms with van der Waals surface area (Å²) in [4.78, 5) is 8.81. The molecule has 0 aliphatic carbocycles. The van der Waals surface area contributed by atoms with E-state index >= 15 is 0 Å². The van der Waals surface area contributed by atoms with E-state index in [-0.39, 0.29) is 5.28 Å². The second-order valence-electron chi connectivity index (χ2n) is 7.08. The highest BCUT2D eigenvalue weighted by atomic mass is 35.5. The Bertz CT molecular complexity index is 827. The van der Waals surface area contributed by atoms with Crippen molar-refractivity contribution in [3.8, 4) is 11.3 Å². The molecule has 1 aromatic carbocycles. The number of ether oxygens (including phenoxy) is 1. The molecule has 0 amide bonds. The normalized spacial score (nSPS) is 12.0. The van der Waals surface area contributed by atoms with Gasteiger partial charge in [0, 0.05) is 31.8 Å². The molecule has 0 saturated carbocycles. The van der Waals surface area contributed by atoms with Gasteiger partial charge in [0.2, 0.25) is 5.28 Å². The molecule has 3 rings (SSSR count). The monoisotopic (exact) mass is 359 g/mol. The number of hydrogen-bond donors (Lipinski definition) is 0. The fraction of sp³-hybridized carbons (Fsp3) is 0.333. The highest BCUT2D eigenvalue weighted by molar-refractivity contribution is 6.76. The molecule has 4 nitrogen and oxygen atoms in total. The number of rotatable bonds is 6. The molecule has 0 radical (unpaired) electrons. The van der Waals surface area contributed by atoms with Gasteiger partial charge in [0.25, 0.3) is 0 Å². The molecular formula is C18H22ClN3OSi. The highest BCUT2D eigenvalue weighted by Gasteiger charge is 2.14. The maximum Gasteiger partial charge on any atom is 0.224 e. The molecule has 0 aliphatic rings. The van der Waals surface area contributed by atoms with E-state index < -0.39 is 8.07 Å². The van der Waals surface area contributed by atoms with Gasteiger partial charge in [0.05, 0.1) is 5.69 Å². The lowest BCUT2D eigenvalue weighted by molar-refractivity contribution is 0.0899. The van der Waals surface area contributed by atoms with E-state index in [0.717, 1.165) is 34.9 Å². The van der Waals surface area contributed by atoms with E-state index in [0.29, 0.717) is 6.73 Å². The van der Waals surface area contributed by atoms with Crippen LogP contribution in [0.3, 0.4) is 0 Å². The minimum absolute atomic E-state index is 0.253. The van der Waals surface area contributed by atoms with Crippen LogP contribution in [0.1, 0.15) is 0 Å². The zero-order chi connectivity index (χ0) is 17.2. The van der Waals surface area contributed by atoms with Gasteiger partial charge < -0.3 is 9.30 Å². The fourth-order valence-corrected chi connectivity index (χ4v) is 3.42. The Hall–Kier alpha value is -1.69. The third kappa shape index (κ3) is 4.04. The Morgan fingerprint density at radius 1 is 1.08 bits per heavy atom. The Morgan fingerprint density at radius 3 is 2.54 bits per heavy atom. The van der Waals surface area contributed by atoms with Gasteiger partial charge in [0.15, 0.2) is 0 Å². The number of halogens is 1. The van der Waals surface area contributed by atoms with Crippen molar-refractivity contribution in [2.75, 3.05) is 6.61 Å². The SMILES string of the molecule is C[Si](C)(C)CCOCn1ccc2c(-c3ccccc3)nc(Cl)nc21. The van der Waals surface area contributed by atoms with E-state index in [2.05, 4.69) is 29.6 Å². The van der Waals surface area contributed by atoms with Gasteiger partial charge in [-0.2, -0.15) is 4.98 Å². The largest absolute Gasteiger partial charge is 0.361 e. The summed E-state index contributed by atoms with van der Waals surface area (Å²) < 4.78 is 7.83. The smallest absolute Gasteiger partial charge is 0.224 e. The number of fused-ring (bicyclic) bond motifs is 1. The van der Waals surface area contributed by atoms with Crippen LogP contribution in [0.2, 0.25) is 31.0 Å². The average Bonchev–Trinajstić information content (AvgIpc) is 2.93. The molecule has 6 heteroatoms. The third-order valence-corrected chi connectivity index (χ3v) is 5.74. The molecule has 24 heavy (non-hydrogen) atoms. The lowest BCUT2D eigenvalue weighted by atomic mass is 10.1. The van der Waals surface area contributed by atoms with Crippen molar-refractivity contribution in [1.82, 2.24) is 14.5 Å². The zero-order valence-electron chi connectivity index (χ0n) is 14.3. The molecule has 0 unspecified atom stereocenters. The number of aromatic nitrogens is 3. The van der Waals surface area contributed by atoms with Crippen molar-refractivity contribution in [3.05, 3.63) is 47.9 Å². The summed E-state index contributed by atoms with van der Waals surface area (Å²) in [5, 5.41) is 1.24. The molecule has 2 heterocycles. The Morgan fingerprint density at radius 2 is 1.83 bits per heavy atom. The van der Waals surface area contributed by atoms with E-state index in [1.807, 2.05) is 47.2 Å². The Labute approximate surface area is 148 Å². The first kappa shape index (κ1) is 17.1. The van der Waals surface area contributed by atoms with Crippen LogP contribution in [0.15, 0.2) is 42.6 Å². The number of nitrogens with zero attached hydrogens (tertiary/aromatic N) is 3. The summed E-state index contributed by atoms with van der Waals surface area (Å²) in [6.45, 7) is 8.30. The predicted octanol–water partition coefficient (Wildman–Crippen LogP) is 5.06. The zero-order valence-corrected chi connectivity index (χ0v) is 16.0. The van der Waals surface area contributed by atoms with Crippen molar-refractivity contribution in [2.45, 2.75) is 32.4 Å². The van der Waals surface area contributed by atoms with Gasteiger partial charge >= 0.3 is 0 Å². The number of benzene rings is 1. The predicted molar refractivity (Wildman–Crippen MR) is 102 cm³/mol. The van der Waals surface area contributed by atoms with Crippen molar-refractivity contribution in [1.29, 1.82) is 0 Å². The summed E-state index contributed by atoms with van der Waals surface area (Å²) in [5.41, 5.74) is 2.69. The third-order valence-electron chi connectivity index (χ3n) is 3.87. The van der Waals surface area contributed by atoms with Crippen LogP contribution >= 0.6 is 11.6 Å². The summed E-state index contributed by atoms with van der Waals surface area (Å²) >= 11 is 6.15. The minimum Gasteiger partial charge on any atom is -0.361 e. The van der Waals surface area contributed by atoms with E-state index in [1.54, 1.807) is 0 Å². The Kier molecular flexibility index (Phi) is 5.03. The molecule has 0 atom stereocenters. The van der Waals surface area contributed by atoms with E-state index in [9.17, 15) is 0 Å². The summed E-state index contributed by atoms with van der Waals surface area (Å²) in [7, 11) is -1.08. The van der Waals surface area contributed by atoms with Crippen LogP contribution in [0.5, 0.6) is 0 Å². The molecule has 0 aliphatic heterocycles. The van der Waals surface area contributed by atoms with Crippen molar-refractivity contribution < 1.29 is 4.74 Å². The number of hydrogen-bond acceptors (Lipinski definition) is 3. The lowest BCUT2D eigenvalue weighted by Gasteiger charge is -2.15. The Balaban J connectivity index is 1.86. The first-order valence-electron chi connectivity index (χ1n) is 8.10. The fourth-order valence-electron chi connectivity index (χ4n) is 2.50. The lowest BCUT2D eigenvalue weighted by Crippen LogP contribution is -2.22. The molecule has 126 valence electrons. The topological polar surface area (TPSA) is 39.9 Å². The molecule has 0 spiro atoms. The van der Waals surface area contributed by atoms with Crippen LogP contribution in [0.25, 0.3) is 22.3 Å². The first-order valence-corrected chi connectivity index (χ1v) is 12.2. The van der Waals surface area contributed by atoms with Gasteiger partial charge in [-0.05, 0) is 23.7 Å². The van der Waals surface area contributed by atoms with Crippen LogP contribution in [-0.4, -0.2) is 29.2 Å². The van der Waals surface area contributed by atoms with Gasteiger partial charge in [-0.25, -0.2) is 4.98 Å². The molecule has 2 aromatic heterocycles. The van der Waals surface area contributed by atoms with Crippen molar-refractivity contribution >= 4 is 30.7 Å². The summed E-state index contributed by atoms with van der Waals surface area (Å²) in [6.07, 6.45) is 1.98. The van der Waals surface area contributed by atoms with Crippen LogP contribution < -0.4 is 0 Å². The molecule has 0 bridgehead atoms. The molecule has 3 aromatic rings. The second kappa shape index (κ2) is 7.05. The average molecular weight is 360 g/mol. The van der Waals surface area contributed by atoms with Crippen LogP contribution in [-0.2, 0) is 11.5 Å². The van der Waals surface area contributed by atoms with Gasteiger partial charge in [-0.1, -0.05) is 50.0 Å². The van der Waals surface area contributed by atoms with Crippen LogP contribution in [0, 0.1) is 0 Å². The van der Waals surface area contributed by atoms with Gasteiger partial charge in [-0.15, -0.1) is 0 Å². The first-order chi connectivity index (χ1) is 11.4. The molecule has 0 N–H and O–H groups in total. The molecule has 0 fully saturated rings. The van der Waals surface area contributed by atoms with E-state index in [4.69, 9.17) is 16.3 Å². The maximum absolute atomic E-state index is 6.15. The maximum atomic E-state index is 6.15. The highest BCUT2D eigenvalue weighted by Crippen LogP contribution is 2.28. The quantitative estimate of drug-likeness (QED) is 0.350. The molecule has 0 saturated heterocycles. The van der Waals surface area contributed by atoms with Gasteiger partial charge in [0.1, 0.15) is 12.4 Å². The summed E-state index contributed by atoms with van der Waals surface area (Å²) in [6, 6.07) is 13.2.